The molecule has 88 valence electrons. The van der Waals surface area contributed by atoms with Crippen LogP contribution in [0.15, 0.2) is 48.5 Å². The van der Waals surface area contributed by atoms with E-state index in [0.29, 0.717) is 5.75 Å². The van der Waals surface area contributed by atoms with Crippen LogP contribution in [0.4, 0.5) is 0 Å². The number of hydrogen-bond donors (Lipinski definition) is 1. The van der Waals surface area contributed by atoms with E-state index < -0.39 is 0 Å². The van der Waals surface area contributed by atoms with Crippen molar-refractivity contribution in [3.8, 4) is 5.75 Å². The average molecular weight is 226 g/mol. The molecular formula is C16H18O. The highest BCUT2D eigenvalue weighted by molar-refractivity contribution is 5.31. The average Bonchev–Trinajstić information content (AvgIpc) is 2.35. The maximum Gasteiger partial charge on any atom is 0.115 e. The first-order valence-corrected chi connectivity index (χ1v) is 6.13. The zero-order valence-corrected chi connectivity index (χ0v) is 10.2. The van der Waals surface area contributed by atoms with Crippen molar-refractivity contribution in [3.63, 3.8) is 0 Å². The zero-order chi connectivity index (χ0) is 12.1. The lowest BCUT2D eigenvalue weighted by Crippen LogP contribution is -1.89. The van der Waals surface area contributed by atoms with E-state index in [0.717, 1.165) is 12.8 Å². The van der Waals surface area contributed by atoms with Crippen LogP contribution in [0.5, 0.6) is 5.75 Å². The van der Waals surface area contributed by atoms with E-state index in [1.807, 2.05) is 12.1 Å². The maximum absolute atomic E-state index is 9.22. The van der Waals surface area contributed by atoms with Gasteiger partial charge in [0, 0.05) is 0 Å². The number of aromatic hydroxyl groups is 1. The first-order chi connectivity index (χ1) is 8.28. The lowest BCUT2D eigenvalue weighted by Gasteiger charge is -2.04. The summed E-state index contributed by atoms with van der Waals surface area (Å²) in [6.45, 7) is 2.20. The summed E-state index contributed by atoms with van der Waals surface area (Å²) in [5.41, 5.74) is 3.95. The SMILES string of the molecule is CCCc1ccc(Cc2ccc(O)cc2)cc1. The van der Waals surface area contributed by atoms with Gasteiger partial charge in [0.2, 0.25) is 0 Å². The molecule has 0 radical (unpaired) electrons. The second kappa shape index (κ2) is 5.53. The van der Waals surface area contributed by atoms with Crippen molar-refractivity contribution in [3.05, 3.63) is 65.2 Å². The molecule has 17 heavy (non-hydrogen) atoms. The standard InChI is InChI=1S/C16H18O/c1-2-3-13-4-6-14(7-5-13)12-15-8-10-16(17)11-9-15/h4-11,17H,2-3,12H2,1H3. The molecule has 1 N–H and O–H groups in total. The predicted octanol–water partition coefficient (Wildman–Crippen LogP) is 3.94. The number of phenols is 1. The number of aryl methyl sites for hydroxylation is 1. The Bertz CT molecular complexity index is 454. The molecule has 1 nitrogen and oxygen atoms in total. The molecule has 0 atom stereocenters. The second-order valence-corrected chi connectivity index (χ2v) is 4.41. The predicted molar refractivity (Wildman–Crippen MR) is 71.3 cm³/mol. The van der Waals surface area contributed by atoms with E-state index in [1.54, 1.807) is 12.1 Å². The minimum absolute atomic E-state index is 0.326. The highest BCUT2D eigenvalue weighted by Gasteiger charge is 1.97. The minimum atomic E-state index is 0.326. The summed E-state index contributed by atoms with van der Waals surface area (Å²) < 4.78 is 0. The van der Waals surface area contributed by atoms with Gasteiger partial charge in [-0.3, -0.25) is 0 Å². The molecule has 0 amide bonds. The van der Waals surface area contributed by atoms with E-state index >= 15 is 0 Å². The highest BCUT2D eigenvalue weighted by Crippen LogP contribution is 2.14. The normalized spacial score (nSPS) is 10.4. The van der Waals surface area contributed by atoms with Crippen molar-refractivity contribution in [2.24, 2.45) is 0 Å². The third kappa shape index (κ3) is 3.35. The fourth-order valence-electron chi connectivity index (χ4n) is 1.96. The summed E-state index contributed by atoms with van der Waals surface area (Å²) >= 11 is 0. The molecule has 0 heterocycles. The van der Waals surface area contributed by atoms with Crippen LogP contribution in [-0.2, 0) is 12.8 Å². The quantitative estimate of drug-likeness (QED) is 0.837. The van der Waals surface area contributed by atoms with E-state index in [1.165, 1.54) is 23.1 Å². The summed E-state index contributed by atoms with van der Waals surface area (Å²) in [5, 5.41) is 9.22. The van der Waals surface area contributed by atoms with Gasteiger partial charge < -0.3 is 5.11 Å². The van der Waals surface area contributed by atoms with Gasteiger partial charge in [-0.1, -0.05) is 49.7 Å². The van der Waals surface area contributed by atoms with E-state index in [9.17, 15) is 5.11 Å². The Labute approximate surface area is 103 Å². The molecule has 0 saturated heterocycles. The van der Waals surface area contributed by atoms with Crippen LogP contribution in [0.25, 0.3) is 0 Å². The van der Waals surface area contributed by atoms with E-state index in [-0.39, 0.29) is 0 Å². The van der Waals surface area contributed by atoms with Gasteiger partial charge in [0.25, 0.3) is 0 Å². The van der Waals surface area contributed by atoms with Crippen LogP contribution in [0.1, 0.15) is 30.0 Å². The molecule has 0 spiro atoms. The molecule has 2 aromatic rings. The first-order valence-electron chi connectivity index (χ1n) is 6.13. The molecule has 0 bridgehead atoms. The Kier molecular flexibility index (Phi) is 3.81. The Balaban J connectivity index is 2.05. The molecular weight excluding hydrogens is 208 g/mol. The summed E-state index contributed by atoms with van der Waals surface area (Å²) in [6, 6.07) is 16.2. The van der Waals surface area contributed by atoms with Gasteiger partial charge in [-0.15, -0.1) is 0 Å². The van der Waals surface area contributed by atoms with Crippen molar-refractivity contribution in [1.82, 2.24) is 0 Å². The number of rotatable bonds is 4. The maximum atomic E-state index is 9.22. The summed E-state index contributed by atoms with van der Waals surface area (Å²) in [5.74, 6) is 0.326. The molecule has 0 aliphatic heterocycles. The van der Waals surface area contributed by atoms with Crippen molar-refractivity contribution in [2.75, 3.05) is 0 Å². The lowest BCUT2D eigenvalue weighted by molar-refractivity contribution is 0.475. The lowest BCUT2D eigenvalue weighted by atomic mass is 10.0. The topological polar surface area (TPSA) is 20.2 Å². The van der Waals surface area contributed by atoms with Crippen molar-refractivity contribution in [2.45, 2.75) is 26.2 Å². The van der Waals surface area contributed by atoms with Gasteiger partial charge in [-0.2, -0.15) is 0 Å². The summed E-state index contributed by atoms with van der Waals surface area (Å²) in [4.78, 5) is 0. The molecule has 0 aliphatic rings. The van der Waals surface area contributed by atoms with Gasteiger partial charge in [0.05, 0.1) is 0 Å². The number of hydrogen-bond acceptors (Lipinski definition) is 1. The highest BCUT2D eigenvalue weighted by atomic mass is 16.3. The summed E-state index contributed by atoms with van der Waals surface area (Å²) in [6.07, 6.45) is 3.27. The van der Waals surface area contributed by atoms with Gasteiger partial charge in [-0.05, 0) is 41.7 Å². The van der Waals surface area contributed by atoms with Crippen LogP contribution in [0.2, 0.25) is 0 Å². The van der Waals surface area contributed by atoms with Crippen LogP contribution in [0, 0.1) is 0 Å². The van der Waals surface area contributed by atoms with Gasteiger partial charge >= 0.3 is 0 Å². The van der Waals surface area contributed by atoms with Gasteiger partial charge in [0.1, 0.15) is 5.75 Å². The monoisotopic (exact) mass is 226 g/mol. The molecule has 0 fully saturated rings. The van der Waals surface area contributed by atoms with Crippen molar-refractivity contribution in [1.29, 1.82) is 0 Å². The third-order valence-electron chi connectivity index (χ3n) is 2.91. The Morgan fingerprint density at radius 1 is 0.765 bits per heavy atom. The van der Waals surface area contributed by atoms with Crippen molar-refractivity contribution >= 4 is 0 Å². The largest absolute Gasteiger partial charge is 0.508 e. The fraction of sp³-hybridized carbons (Fsp3) is 0.250. The zero-order valence-electron chi connectivity index (χ0n) is 10.2. The Morgan fingerprint density at radius 2 is 1.24 bits per heavy atom. The molecule has 2 rings (SSSR count). The fourth-order valence-corrected chi connectivity index (χ4v) is 1.96. The Morgan fingerprint density at radius 3 is 1.76 bits per heavy atom. The summed E-state index contributed by atoms with van der Waals surface area (Å²) in [7, 11) is 0. The molecule has 0 aromatic heterocycles. The molecule has 0 saturated carbocycles. The third-order valence-corrected chi connectivity index (χ3v) is 2.91. The molecule has 2 aromatic carbocycles. The molecule has 1 heteroatoms. The molecule has 0 unspecified atom stereocenters. The smallest absolute Gasteiger partial charge is 0.115 e. The van der Waals surface area contributed by atoms with Crippen LogP contribution < -0.4 is 0 Å². The van der Waals surface area contributed by atoms with Crippen LogP contribution >= 0.6 is 0 Å². The minimum Gasteiger partial charge on any atom is -0.508 e. The Hall–Kier alpha value is -1.76. The number of phenolic OH excluding ortho intramolecular Hbond substituents is 1. The second-order valence-electron chi connectivity index (χ2n) is 4.41. The molecule has 0 aliphatic carbocycles. The van der Waals surface area contributed by atoms with E-state index in [2.05, 4.69) is 31.2 Å². The number of benzene rings is 2. The van der Waals surface area contributed by atoms with Crippen molar-refractivity contribution < 1.29 is 5.11 Å². The van der Waals surface area contributed by atoms with Gasteiger partial charge in [-0.25, -0.2) is 0 Å². The van der Waals surface area contributed by atoms with Crippen LogP contribution in [0.3, 0.4) is 0 Å². The first kappa shape index (κ1) is 11.7. The van der Waals surface area contributed by atoms with Crippen LogP contribution in [-0.4, -0.2) is 5.11 Å². The van der Waals surface area contributed by atoms with Gasteiger partial charge in [0.15, 0.2) is 0 Å². The van der Waals surface area contributed by atoms with E-state index in [4.69, 9.17) is 0 Å².